The molecule has 0 saturated carbocycles. The summed E-state index contributed by atoms with van der Waals surface area (Å²) in [4.78, 5) is 19.7. The molecule has 0 radical (unpaired) electrons. The van der Waals surface area contributed by atoms with E-state index in [1.807, 2.05) is 29.6 Å². The van der Waals surface area contributed by atoms with Crippen LogP contribution in [0.3, 0.4) is 0 Å². The fourth-order valence-corrected chi connectivity index (χ4v) is 4.48. The lowest BCUT2D eigenvalue weighted by Crippen LogP contribution is -2.35. The molecule has 1 aliphatic heterocycles. The average Bonchev–Trinajstić information content (AvgIpc) is 3.11. The topological polar surface area (TPSA) is 62.5 Å². The predicted molar refractivity (Wildman–Crippen MR) is 121 cm³/mol. The molecule has 1 aliphatic rings. The minimum Gasteiger partial charge on any atom is -0.356 e. The van der Waals surface area contributed by atoms with Crippen molar-refractivity contribution in [3.05, 3.63) is 41.2 Å². The molecule has 0 unspecified atom stereocenters. The first-order valence-electron chi connectivity index (χ1n) is 11.3. The summed E-state index contributed by atoms with van der Waals surface area (Å²) < 4.78 is 1.92. The lowest BCUT2D eigenvalue weighted by atomic mass is 9.99. The minimum atomic E-state index is 0.117. The molecule has 2 aromatic heterocycles. The number of hydrogen-bond acceptors (Lipinski definition) is 4. The molecule has 0 bridgehead atoms. The van der Waals surface area contributed by atoms with E-state index in [9.17, 15) is 4.79 Å². The van der Waals surface area contributed by atoms with Gasteiger partial charge >= 0.3 is 0 Å². The van der Waals surface area contributed by atoms with Gasteiger partial charge in [-0.1, -0.05) is 19.1 Å². The van der Waals surface area contributed by atoms with E-state index in [0.29, 0.717) is 12.8 Å². The van der Waals surface area contributed by atoms with E-state index >= 15 is 0 Å². The van der Waals surface area contributed by atoms with Gasteiger partial charge in [-0.2, -0.15) is 5.10 Å². The maximum absolute atomic E-state index is 12.4. The smallest absolute Gasteiger partial charge is 0.220 e. The second-order valence-corrected chi connectivity index (χ2v) is 8.74. The van der Waals surface area contributed by atoms with E-state index in [2.05, 4.69) is 30.1 Å². The number of carbonyl (C=O) groups is 1. The van der Waals surface area contributed by atoms with Crippen LogP contribution in [0.25, 0.3) is 16.6 Å². The van der Waals surface area contributed by atoms with Crippen molar-refractivity contribution in [2.24, 2.45) is 5.92 Å². The normalized spacial score (nSPS) is 15.8. The summed E-state index contributed by atoms with van der Waals surface area (Å²) in [5.41, 5.74) is 5.01. The van der Waals surface area contributed by atoms with E-state index in [-0.39, 0.29) is 5.91 Å². The molecule has 6 nitrogen and oxygen atoms in total. The largest absolute Gasteiger partial charge is 0.356 e. The first-order chi connectivity index (χ1) is 14.5. The van der Waals surface area contributed by atoms with Gasteiger partial charge in [-0.25, -0.2) is 9.50 Å². The van der Waals surface area contributed by atoms with Crippen molar-refractivity contribution < 1.29 is 4.79 Å². The molecule has 1 fully saturated rings. The molecule has 3 heterocycles. The van der Waals surface area contributed by atoms with Gasteiger partial charge in [0, 0.05) is 29.7 Å². The molecule has 160 valence electrons. The average molecular weight is 408 g/mol. The van der Waals surface area contributed by atoms with Crippen LogP contribution >= 0.6 is 0 Å². The number of aryl methyl sites for hydroxylation is 2. The van der Waals surface area contributed by atoms with Crippen LogP contribution in [0.2, 0.25) is 0 Å². The van der Waals surface area contributed by atoms with Gasteiger partial charge < -0.3 is 10.2 Å². The lowest BCUT2D eigenvalue weighted by molar-refractivity contribution is -0.121. The zero-order valence-corrected chi connectivity index (χ0v) is 18.4. The SMILES string of the molecule is Cc1nc2c3ccccc3nn2c(C)c1CCC(=O)NCCCN1CCC(C)CC1. The van der Waals surface area contributed by atoms with Crippen LogP contribution in [0.4, 0.5) is 0 Å². The highest BCUT2D eigenvalue weighted by Crippen LogP contribution is 2.23. The van der Waals surface area contributed by atoms with Crippen molar-refractivity contribution in [3.8, 4) is 0 Å². The predicted octanol–water partition coefficient (Wildman–Crippen LogP) is 3.67. The van der Waals surface area contributed by atoms with Gasteiger partial charge in [0.05, 0.1) is 5.52 Å². The Kier molecular flexibility index (Phi) is 6.32. The number of nitrogens with zero attached hydrogens (tertiary/aromatic N) is 4. The maximum Gasteiger partial charge on any atom is 0.220 e. The Balaban J connectivity index is 1.31. The number of piperidine rings is 1. The molecule has 4 rings (SSSR count). The third-order valence-corrected chi connectivity index (χ3v) is 6.47. The molecule has 1 aromatic carbocycles. The molecule has 3 aromatic rings. The van der Waals surface area contributed by atoms with Crippen LogP contribution in [0, 0.1) is 19.8 Å². The fourth-order valence-electron chi connectivity index (χ4n) is 4.48. The van der Waals surface area contributed by atoms with E-state index in [0.717, 1.165) is 58.9 Å². The van der Waals surface area contributed by atoms with Crippen molar-refractivity contribution in [3.63, 3.8) is 0 Å². The molecule has 0 atom stereocenters. The number of aromatic nitrogens is 3. The first-order valence-corrected chi connectivity index (χ1v) is 11.3. The minimum absolute atomic E-state index is 0.117. The Morgan fingerprint density at radius 3 is 2.77 bits per heavy atom. The molecule has 6 heteroatoms. The lowest BCUT2D eigenvalue weighted by Gasteiger charge is -2.30. The third-order valence-electron chi connectivity index (χ3n) is 6.47. The number of benzene rings is 1. The molecular formula is C24H33N5O. The second-order valence-electron chi connectivity index (χ2n) is 8.74. The Hall–Kier alpha value is -2.47. The highest BCUT2D eigenvalue weighted by molar-refractivity contribution is 5.92. The second kappa shape index (κ2) is 9.13. The van der Waals surface area contributed by atoms with Crippen molar-refractivity contribution in [2.75, 3.05) is 26.2 Å². The van der Waals surface area contributed by atoms with Gasteiger partial charge in [0.2, 0.25) is 5.91 Å². The van der Waals surface area contributed by atoms with Crippen LogP contribution in [0.5, 0.6) is 0 Å². The van der Waals surface area contributed by atoms with Gasteiger partial charge in [-0.05, 0) is 82.8 Å². The first kappa shape index (κ1) is 20.8. The fraction of sp³-hybridized carbons (Fsp3) is 0.542. The van der Waals surface area contributed by atoms with Crippen molar-refractivity contribution in [1.29, 1.82) is 0 Å². The molecule has 0 spiro atoms. The van der Waals surface area contributed by atoms with Crippen LogP contribution in [0.15, 0.2) is 24.3 Å². The number of likely N-dealkylation sites (tertiary alicyclic amines) is 1. The zero-order chi connectivity index (χ0) is 21.1. The molecule has 0 aliphatic carbocycles. The number of rotatable bonds is 7. The van der Waals surface area contributed by atoms with Crippen LogP contribution in [-0.2, 0) is 11.2 Å². The number of fused-ring (bicyclic) bond motifs is 3. The summed E-state index contributed by atoms with van der Waals surface area (Å²) in [7, 11) is 0. The Bertz CT molecular complexity index is 1030. The summed E-state index contributed by atoms with van der Waals surface area (Å²) in [6.45, 7) is 10.7. The Morgan fingerprint density at radius 2 is 1.97 bits per heavy atom. The number of nitrogens with one attached hydrogen (secondary N) is 1. The highest BCUT2D eigenvalue weighted by Gasteiger charge is 2.16. The summed E-state index contributed by atoms with van der Waals surface area (Å²) in [6.07, 6.45) is 4.79. The van der Waals surface area contributed by atoms with Gasteiger partial charge in [0.1, 0.15) is 0 Å². The molecular weight excluding hydrogens is 374 g/mol. The van der Waals surface area contributed by atoms with Crippen molar-refractivity contribution in [2.45, 2.75) is 52.9 Å². The number of carbonyl (C=O) groups excluding carboxylic acids is 1. The van der Waals surface area contributed by atoms with Gasteiger partial charge in [0.25, 0.3) is 0 Å². The van der Waals surface area contributed by atoms with Crippen LogP contribution in [-0.4, -0.2) is 51.6 Å². The molecule has 1 N–H and O–H groups in total. The van der Waals surface area contributed by atoms with Crippen molar-refractivity contribution >= 4 is 22.5 Å². The van der Waals surface area contributed by atoms with E-state index in [1.165, 1.54) is 25.9 Å². The van der Waals surface area contributed by atoms with Crippen LogP contribution in [0.1, 0.15) is 49.6 Å². The van der Waals surface area contributed by atoms with E-state index in [1.54, 1.807) is 0 Å². The third kappa shape index (κ3) is 4.48. The molecule has 30 heavy (non-hydrogen) atoms. The van der Waals surface area contributed by atoms with Crippen molar-refractivity contribution in [1.82, 2.24) is 24.8 Å². The maximum atomic E-state index is 12.4. The zero-order valence-electron chi connectivity index (χ0n) is 18.4. The summed E-state index contributed by atoms with van der Waals surface area (Å²) in [5, 5.41) is 8.86. The van der Waals surface area contributed by atoms with E-state index in [4.69, 9.17) is 10.1 Å². The summed E-state index contributed by atoms with van der Waals surface area (Å²) in [6, 6.07) is 8.08. The quantitative estimate of drug-likeness (QED) is 0.607. The standard InChI is InChI=1S/C24H33N5O/c1-17-11-15-28(16-12-17)14-6-13-25-23(30)10-9-20-18(2)26-24-21-7-4-5-8-22(21)27-29(24)19(20)3/h4-5,7-8,17H,6,9-16H2,1-3H3,(H,25,30). The number of amides is 1. The monoisotopic (exact) mass is 407 g/mol. The van der Waals surface area contributed by atoms with E-state index < -0.39 is 0 Å². The summed E-state index contributed by atoms with van der Waals surface area (Å²) in [5.74, 6) is 0.980. The molecule has 1 saturated heterocycles. The van der Waals surface area contributed by atoms with Crippen LogP contribution < -0.4 is 5.32 Å². The van der Waals surface area contributed by atoms with Gasteiger partial charge in [0.15, 0.2) is 5.65 Å². The Morgan fingerprint density at radius 1 is 1.20 bits per heavy atom. The summed E-state index contributed by atoms with van der Waals surface area (Å²) >= 11 is 0. The Labute approximate surface area is 178 Å². The van der Waals surface area contributed by atoms with Gasteiger partial charge in [-0.3, -0.25) is 4.79 Å². The highest BCUT2D eigenvalue weighted by atomic mass is 16.1. The number of hydrogen-bond donors (Lipinski definition) is 1. The molecule has 1 amide bonds. The van der Waals surface area contributed by atoms with Gasteiger partial charge in [-0.15, -0.1) is 0 Å².